The maximum absolute atomic E-state index is 13.1. The summed E-state index contributed by atoms with van der Waals surface area (Å²) in [5.41, 5.74) is 2.51. The van der Waals surface area contributed by atoms with Gasteiger partial charge in [-0.25, -0.2) is 0 Å². The lowest BCUT2D eigenvalue weighted by atomic mass is 9.88. The van der Waals surface area contributed by atoms with Gasteiger partial charge in [-0.15, -0.1) is 0 Å². The molecule has 5 rings (SSSR count). The van der Waals surface area contributed by atoms with Crippen LogP contribution in [0.25, 0.3) is 0 Å². The Kier molecular flexibility index (Phi) is 4.78. The van der Waals surface area contributed by atoms with Crippen molar-refractivity contribution in [3.63, 3.8) is 0 Å². The van der Waals surface area contributed by atoms with Crippen molar-refractivity contribution in [1.82, 2.24) is 4.90 Å². The predicted octanol–water partition coefficient (Wildman–Crippen LogP) is 4.63. The Hall–Kier alpha value is -3.87. The van der Waals surface area contributed by atoms with Crippen LogP contribution in [0.2, 0.25) is 0 Å². The molecular formula is C24H21N3O4. The summed E-state index contributed by atoms with van der Waals surface area (Å²) in [7, 11) is 0. The van der Waals surface area contributed by atoms with E-state index in [2.05, 4.69) is 5.32 Å². The van der Waals surface area contributed by atoms with E-state index in [-0.39, 0.29) is 29.8 Å². The van der Waals surface area contributed by atoms with E-state index in [4.69, 9.17) is 4.74 Å². The van der Waals surface area contributed by atoms with Gasteiger partial charge in [0.2, 0.25) is 0 Å². The number of hydrogen-bond acceptors (Lipinski definition) is 5. The summed E-state index contributed by atoms with van der Waals surface area (Å²) < 4.78 is 6.31. The number of non-ortho nitro benzene ring substituents is 1. The first-order valence-corrected chi connectivity index (χ1v) is 10.2. The van der Waals surface area contributed by atoms with E-state index >= 15 is 0 Å². The fraction of sp³-hybridized carbons (Fsp3) is 0.208. The number of likely N-dealkylation sites (tertiary alicyclic amines) is 1. The zero-order chi connectivity index (χ0) is 21.4. The molecule has 0 radical (unpaired) electrons. The third-order valence-corrected chi connectivity index (χ3v) is 5.99. The largest absolute Gasteiger partial charge is 0.470 e. The van der Waals surface area contributed by atoms with Crippen molar-refractivity contribution in [2.24, 2.45) is 5.92 Å². The summed E-state index contributed by atoms with van der Waals surface area (Å²) in [4.78, 5) is 25.5. The molecule has 156 valence electrons. The van der Waals surface area contributed by atoms with Crippen molar-refractivity contribution in [1.29, 1.82) is 0 Å². The van der Waals surface area contributed by atoms with Gasteiger partial charge >= 0.3 is 0 Å². The van der Waals surface area contributed by atoms with Crippen molar-refractivity contribution in [2.45, 2.75) is 18.7 Å². The number of anilines is 1. The van der Waals surface area contributed by atoms with Gasteiger partial charge in [-0.1, -0.05) is 36.4 Å². The van der Waals surface area contributed by atoms with Crippen LogP contribution in [0.15, 0.2) is 78.9 Å². The standard InChI is InChI=1S/C24H21N3O4/c28-23(16-6-2-1-3-7-16)26-15-14-20-22(19-8-4-5-9-21(19)31-24(20)26)25-17-10-12-18(13-11-17)27(29)30/h1-13,20,22,24-25H,14-15H2/t20-,22-,24+/m1/s1. The van der Waals surface area contributed by atoms with Crippen molar-refractivity contribution in [2.75, 3.05) is 11.9 Å². The van der Waals surface area contributed by atoms with E-state index in [1.165, 1.54) is 12.1 Å². The first kappa shape index (κ1) is 19.1. The molecule has 3 aromatic rings. The molecule has 3 atom stereocenters. The molecule has 1 fully saturated rings. The average molecular weight is 415 g/mol. The fourth-order valence-electron chi connectivity index (χ4n) is 4.48. The number of nitro benzene ring substituents is 1. The van der Waals surface area contributed by atoms with E-state index in [0.29, 0.717) is 12.1 Å². The third kappa shape index (κ3) is 3.48. The lowest BCUT2D eigenvalue weighted by molar-refractivity contribution is -0.384. The Morgan fingerprint density at radius 3 is 2.45 bits per heavy atom. The highest BCUT2D eigenvalue weighted by atomic mass is 16.6. The monoisotopic (exact) mass is 415 g/mol. The number of ether oxygens (including phenoxy) is 1. The first-order chi connectivity index (χ1) is 15.1. The Morgan fingerprint density at radius 2 is 1.71 bits per heavy atom. The van der Waals surface area contributed by atoms with Gasteiger partial charge < -0.3 is 15.0 Å². The minimum atomic E-state index is -0.409. The van der Waals surface area contributed by atoms with Crippen LogP contribution in [0.3, 0.4) is 0 Å². The van der Waals surface area contributed by atoms with Crippen molar-refractivity contribution < 1.29 is 14.5 Å². The summed E-state index contributed by atoms with van der Waals surface area (Å²) in [5, 5.41) is 14.5. The molecule has 0 spiro atoms. The van der Waals surface area contributed by atoms with Gasteiger partial charge in [0.25, 0.3) is 11.6 Å². The number of carbonyl (C=O) groups excluding carboxylic acids is 1. The third-order valence-electron chi connectivity index (χ3n) is 5.99. The molecule has 0 bridgehead atoms. The number of benzene rings is 3. The zero-order valence-corrected chi connectivity index (χ0v) is 16.7. The number of hydrogen-bond donors (Lipinski definition) is 1. The average Bonchev–Trinajstić information content (AvgIpc) is 3.23. The number of para-hydroxylation sites is 1. The number of rotatable bonds is 4. The van der Waals surface area contributed by atoms with E-state index in [1.54, 1.807) is 17.0 Å². The first-order valence-electron chi connectivity index (χ1n) is 10.2. The molecule has 2 aliphatic rings. The van der Waals surface area contributed by atoms with Gasteiger partial charge in [-0.3, -0.25) is 14.9 Å². The molecule has 31 heavy (non-hydrogen) atoms. The summed E-state index contributed by atoms with van der Waals surface area (Å²) in [6, 6.07) is 23.4. The number of nitrogens with one attached hydrogen (secondary N) is 1. The van der Waals surface area contributed by atoms with E-state index in [9.17, 15) is 14.9 Å². The normalized spacial score (nSPS) is 21.5. The van der Waals surface area contributed by atoms with Crippen LogP contribution in [0.4, 0.5) is 11.4 Å². The Morgan fingerprint density at radius 1 is 1.00 bits per heavy atom. The van der Waals surface area contributed by atoms with Crippen LogP contribution in [0.1, 0.15) is 28.4 Å². The molecule has 2 aliphatic heterocycles. The lowest BCUT2D eigenvalue weighted by Gasteiger charge is -2.39. The summed E-state index contributed by atoms with van der Waals surface area (Å²) in [5.74, 6) is 0.759. The van der Waals surface area contributed by atoms with Crippen molar-refractivity contribution in [3.05, 3.63) is 100 Å². The molecule has 0 unspecified atom stereocenters. The van der Waals surface area contributed by atoms with Crippen molar-refractivity contribution in [3.8, 4) is 5.75 Å². The number of nitrogens with zero attached hydrogens (tertiary/aromatic N) is 2. The maximum Gasteiger partial charge on any atom is 0.269 e. The van der Waals surface area contributed by atoms with Crippen LogP contribution < -0.4 is 10.1 Å². The summed E-state index contributed by atoms with van der Waals surface area (Å²) in [6.07, 6.45) is 0.417. The Bertz CT molecular complexity index is 1120. The smallest absolute Gasteiger partial charge is 0.269 e. The van der Waals surface area contributed by atoms with E-state index in [0.717, 1.165) is 23.4 Å². The van der Waals surface area contributed by atoms with Gasteiger partial charge in [0, 0.05) is 41.4 Å². The maximum atomic E-state index is 13.1. The van der Waals surface area contributed by atoms with Gasteiger partial charge in [0.1, 0.15) is 5.75 Å². The van der Waals surface area contributed by atoms with Gasteiger partial charge in [0.05, 0.1) is 11.0 Å². The van der Waals surface area contributed by atoms with Crippen LogP contribution >= 0.6 is 0 Å². The molecule has 3 aromatic carbocycles. The lowest BCUT2D eigenvalue weighted by Crippen LogP contribution is -2.46. The highest BCUT2D eigenvalue weighted by molar-refractivity contribution is 5.94. The molecule has 7 nitrogen and oxygen atoms in total. The number of fused-ring (bicyclic) bond motifs is 2. The Balaban J connectivity index is 1.45. The molecule has 0 aliphatic carbocycles. The molecule has 7 heteroatoms. The minimum Gasteiger partial charge on any atom is -0.470 e. The minimum absolute atomic E-state index is 0.0402. The molecular weight excluding hydrogens is 394 g/mol. The highest BCUT2D eigenvalue weighted by Crippen LogP contribution is 2.46. The second-order valence-electron chi connectivity index (χ2n) is 7.79. The topological polar surface area (TPSA) is 84.7 Å². The van der Waals surface area contributed by atoms with Gasteiger partial charge in [-0.05, 0) is 36.8 Å². The predicted molar refractivity (Wildman–Crippen MR) is 116 cm³/mol. The SMILES string of the molecule is O=C(c1ccccc1)N1CC[C@@H]2[C@H](Nc3ccc([N+](=O)[O-])cc3)c3ccccc3O[C@@H]21. The van der Waals surface area contributed by atoms with Crippen LogP contribution in [-0.4, -0.2) is 28.5 Å². The molecule has 1 N–H and O–H groups in total. The molecule has 1 saturated heterocycles. The molecule has 0 saturated carbocycles. The summed E-state index contributed by atoms with van der Waals surface area (Å²) >= 11 is 0. The van der Waals surface area contributed by atoms with Crippen LogP contribution in [0.5, 0.6) is 5.75 Å². The second-order valence-corrected chi connectivity index (χ2v) is 7.79. The van der Waals surface area contributed by atoms with Crippen molar-refractivity contribution >= 4 is 17.3 Å². The number of nitro groups is 1. The van der Waals surface area contributed by atoms with Gasteiger partial charge in [-0.2, -0.15) is 0 Å². The molecule has 1 amide bonds. The van der Waals surface area contributed by atoms with Crippen LogP contribution in [-0.2, 0) is 0 Å². The zero-order valence-electron chi connectivity index (χ0n) is 16.7. The molecule has 2 heterocycles. The number of carbonyl (C=O) groups is 1. The van der Waals surface area contributed by atoms with Crippen LogP contribution in [0, 0.1) is 16.0 Å². The summed E-state index contributed by atoms with van der Waals surface area (Å²) in [6.45, 7) is 0.607. The van der Waals surface area contributed by atoms with Gasteiger partial charge in [0.15, 0.2) is 6.23 Å². The quantitative estimate of drug-likeness (QED) is 0.496. The second kappa shape index (κ2) is 7.75. The number of amides is 1. The Labute approximate surface area is 179 Å². The fourth-order valence-corrected chi connectivity index (χ4v) is 4.48. The highest BCUT2D eigenvalue weighted by Gasteiger charge is 2.47. The van der Waals surface area contributed by atoms with E-state index in [1.807, 2.05) is 54.6 Å². The molecule has 0 aromatic heterocycles. The van der Waals surface area contributed by atoms with E-state index < -0.39 is 4.92 Å².